The first-order valence-corrected chi connectivity index (χ1v) is 10.9. The SMILES string of the molecule is COC(=O)CCCN1C(=S)N[C@@H](c2ccccn2)[C@H]1c1ccc(-c2ccc(C(=O)O)cc2)o1. The molecule has 3 aromatic rings. The molecular weight excluding hydrogens is 442 g/mol. The number of nitrogens with one attached hydrogen (secondary N) is 1. The number of carbonyl (C=O) groups excluding carboxylic acids is 1. The van der Waals surface area contributed by atoms with E-state index in [0.29, 0.717) is 29.6 Å². The third-order valence-electron chi connectivity index (χ3n) is 5.54. The molecule has 1 aromatic carbocycles. The number of rotatable bonds is 8. The van der Waals surface area contributed by atoms with E-state index in [1.807, 2.05) is 35.2 Å². The predicted molar refractivity (Wildman–Crippen MR) is 125 cm³/mol. The largest absolute Gasteiger partial charge is 0.478 e. The summed E-state index contributed by atoms with van der Waals surface area (Å²) < 4.78 is 11.0. The van der Waals surface area contributed by atoms with E-state index in [4.69, 9.17) is 26.5 Å². The normalized spacial score (nSPS) is 17.6. The van der Waals surface area contributed by atoms with E-state index in [-0.39, 0.29) is 30.0 Å². The van der Waals surface area contributed by atoms with Crippen molar-refractivity contribution in [1.29, 1.82) is 0 Å². The molecule has 0 spiro atoms. The fraction of sp³-hybridized carbons (Fsp3) is 0.250. The minimum atomic E-state index is -0.979. The van der Waals surface area contributed by atoms with Gasteiger partial charge >= 0.3 is 11.9 Å². The third kappa shape index (κ3) is 4.88. The minimum absolute atomic E-state index is 0.211. The van der Waals surface area contributed by atoms with Crippen molar-refractivity contribution in [2.45, 2.75) is 24.9 Å². The second-order valence-electron chi connectivity index (χ2n) is 7.58. The van der Waals surface area contributed by atoms with Gasteiger partial charge in [-0.2, -0.15) is 0 Å². The highest BCUT2D eigenvalue weighted by Gasteiger charge is 2.41. The molecule has 2 aromatic heterocycles. The molecule has 0 saturated carbocycles. The standard InChI is InChI=1S/C24H23N3O5S/c1-31-20(28)6-4-14-27-22(21(26-24(27)33)17-5-2-3-13-25-17)19-12-11-18(32-19)15-7-9-16(10-8-15)23(29)30/h2-3,5,7-13,21-22H,4,6,14H2,1H3,(H,26,33)(H,29,30)/t21-,22+/m0/s1. The van der Waals surface area contributed by atoms with Gasteiger partial charge in [-0.1, -0.05) is 18.2 Å². The van der Waals surface area contributed by atoms with E-state index in [2.05, 4.69) is 10.3 Å². The number of thiocarbonyl (C=S) groups is 1. The molecule has 0 aliphatic carbocycles. The number of aromatic carboxylic acids is 1. The van der Waals surface area contributed by atoms with Crippen LogP contribution in [0.1, 0.15) is 46.7 Å². The average Bonchev–Trinajstić information content (AvgIpc) is 3.44. The van der Waals surface area contributed by atoms with Crippen LogP contribution in [0.25, 0.3) is 11.3 Å². The summed E-state index contributed by atoms with van der Waals surface area (Å²) in [5.41, 5.74) is 1.80. The van der Waals surface area contributed by atoms with E-state index < -0.39 is 5.97 Å². The molecule has 4 rings (SSSR count). The molecule has 2 atom stereocenters. The lowest BCUT2D eigenvalue weighted by Gasteiger charge is -2.25. The number of carbonyl (C=O) groups is 2. The van der Waals surface area contributed by atoms with Gasteiger partial charge < -0.3 is 24.5 Å². The van der Waals surface area contributed by atoms with Crippen LogP contribution >= 0.6 is 12.2 Å². The number of furan rings is 1. The van der Waals surface area contributed by atoms with E-state index in [9.17, 15) is 9.59 Å². The third-order valence-corrected chi connectivity index (χ3v) is 5.89. The van der Waals surface area contributed by atoms with Gasteiger partial charge in [0.1, 0.15) is 17.6 Å². The monoisotopic (exact) mass is 465 g/mol. The van der Waals surface area contributed by atoms with Gasteiger partial charge in [0.25, 0.3) is 0 Å². The molecule has 0 radical (unpaired) electrons. The van der Waals surface area contributed by atoms with Crippen LogP contribution in [0.15, 0.2) is 65.2 Å². The lowest BCUT2D eigenvalue weighted by Crippen LogP contribution is -2.30. The molecule has 8 nitrogen and oxygen atoms in total. The van der Waals surface area contributed by atoms with Crippen LogP contribution in [0, 0.1) is 0 Å². The van der Waals surface area contributed by atoms with Gasteiger partial charge in [-0.05, 0) is 55.0 Å². The summed E-state index contributed by atoms with van der Waals surface area (Å²) >= 11 is 5.61. The van der Waals surface area contributed by atoms with Gasteiger partial charge in [0.2, 0.25) is 0 Å². The van der Waals surface area contributed by atoms with Gasteiger partial charge in [-0.15, -0.1) is 0 Å². The van der Waals surface area contributed by atoms with Crippen LogP contribution in [0.5, 0.6) is 0 Å². The zero-order valence-electron chi connectivity index (χ0n) is 17.9. The molecule has 2 N–H and O–H groups in total. The number of benzene rings is 1. The summed E-state index contributed by atoms with van der Waals surface area (Å²) in [6.07, 6.45) is 2.59. The van der Waals surface area contributed by atoms with Crippen molar-refractivity contribution in [3.8, 4) is 11.3 Å². The Morgan fingerprint density at radius 1 is 1.18 bits per heavy atom. The second-order valence-corrected chi connectivity index (χ2v) is 7.97. The Balaban J connectivity index is 1.63. The first-order chi connectivity index (χ1) is 16.0. The summed E-state index contributed by atoms with van der Waals surface area (Å²) in [7, 11) is 1.37. The zero-order valence-corrected chi connectivity index (χ0v) is 18.7. The van der Waals surface area contributed by atoms with Crippen LogP contribution < -0.4 is 5.32 Å². The van der Waals surface area contributed by atoms with Crippen molar-refractivity contribution < 1.29 is 23.8 Å². The van der Waals surface area contributed by atoms with Gasteiger partial charge in [0, 0.05) is 24.7 Å². The van der Waals surface area contributed by atoms with Crippen LogP contribution in [0.4, 0.5) is 0 Å². The molecular formula is C24H23N3O5S. The molecule has 33 heavy (non-hydrogen) atoms. The van der Waals surface area contributed by atoms with E-state index in [1.54, 1.807) is 30.5 Å². The number of hydrogen-bond acceptors (Lipinski definition) is 6. The number of nitrogens with zero attached hydrogens (tertiary/aromatic N) is 2. The van der Waals surface area contributed by atoms with Crippen molar-refractivity contribution in [2.24, 2.45) is 0 Å². The van der Waals surface area contributed by atoms with Crippen molar-refractivity contribution in [3.05, 3.63) is 77.8 Å². The highest BCUT2D eigenvalue weighted by Crippen LogP contribution is 2.40. The Bertz CT molecular complexity index is 1150. The molecule has 0 amide bonds. The Hall–Kier alpha value is -3.72. The Kier molecular flexibility index (Phi) is 6.69. The van der Waals surface area contributed by atoms with Crippen LogP contribution in [0.2, 0.25) is 0 Å². The van der Waals surface area contributed by atoms with Gasteiger partial charge in [0.05, 0.1) is 24.4 Å². The number of carboxylic acids is 1. The molecule has 1 saturated heterocycles. The molecule has 0 bridgehead atoms. The molecule has 9 heteroatoms. The predicted octanol–water partition coefficient (Wildman–Crippen LogP) is 3.97. The lowest BCUT2D eigenvalue weighted by atomic mass is 10.0. The second kappa shape index (κ2) is 9.83. The van der Waals surface area contributed by atoms with Crippen LogP contribution in [0.3, 0.4) is 0 Å². The number of methoxy groups -OCH3 is 1. The summed E-state index contributed by atoms with van der Waals surface area (Å²) in [6, 6.07) is 15.5. The molecule has 3 heterocycles. The number of hydrogen-bond donors (Lipinski definition) is 2. The molecule has 1 aliphatic rings. The van der Waals surface area contributed by atoms with Gasteiger partial charge in [-0.25, -0.2) is 4.79 Å². The lowest BCUT2D eigenvalue weighted by molar-refractivity contribution is -0.140. The number of carboxylic acid groups (broad SMARTS) is 1. The first kappa shape index (κ1) is 22.5. The first-order valence-electron chi connectivity index (χ1n) is 10.5. The Labute approximate surface area is 196 Å². The van der Waals surface area contributed by atoms with Crippen molar-refractivity contribution in [2.75, 3.05) is 13.7 Å². The number of ether oxygens (including phenoxy) is 1. The topological polar surface area (TPSA) is 105 Å². The number of pyridine rings is 1. The van der Waals surface area contributed by atoms with E-state index >= 15 is 0 Å². The summed E-state index contributed by atoms with van der Waals surface area (Å²) in [6.45, 7) is 0.540. The summed E-state index contributed by atoms with van der Waals surface area (Å²) in [4.78, 5) is 29.2. The van der Waals surface area contributed by atoms with E-state index in [1.165, 1.54) is 7.11 Å². The molecule has 1 aliphatic heterocycles. The van der Waals surface area contributed by atoms with Gasteiger partial charge in [0.15, 0.2) is 5.11 Å². The highest BCUT2D eigenvalue weighted by atomic mass is 32.1. The highest BCUT2D eigenvalue weighted by molar-refractivity contribution is 7.80. The van der Waals surface area contributed by atoms with Crippen LogP contribution in [-0.2, 0) is 9.53 Å². The quantitative estimate of drug-likeness (QED) is 0.378. The summed E-state index contributed by atoms with van der Waals surface area (Å²) in [5, 5.41) is 13.0. The summed E-state index contributed by atoms with van der Waals surface area (Å²) in [5.74, 6) is 0.0615. The smallest absolute Gasteiger partial charge is 0.335 e. The molecule has 1 fully saturated rings. The minimum Gasteiger partial charge on any atom is -0.478 e. The number of aromatic nitrogens is 1. The Morgan fingerprint density at radius 2 is 1.97 bits per heavy atom. The average molecular weight is 466 g/mol. The van der Waals surface area contributed by atoms with Crippen molar-refractivity contribution in [1.82, 2.24) is 15.2 Å². The zero-order chi connectivity index (χ0) is 23.4. The Morgan fingerprint density at radius 3 is 2.64 bits per heavy atom. The molecule has 0 unspecified atom stereocenters. The molecule has 170 valence electrons. The number of esters is 1. The van der Waals surface area contributed by atoms with Crippen molar-refractivity contribution in [3.63, 3.8) is 0 Å². The maximum atomic E-state index is 11.6. The van der Waals surface area contributed by atoms with Crippen LogP contribution in [-0.4, -0.2) is 45.7 Å². The maximum absolute atomic E-state index is 11.6. The van der Waals surface area contributed by atoms with Gasteiger partial charge in [-0.3, -0.25) is 9.78 Å². The van der Waals surface area contributed by atoms with Crippen molar-refractivity contribution >= 4 is 29.3 Å². The fourth-order valence-electron chi connectivity index (χ4n) is 3.90. The van der Waals surface area contributed by atoms with E-state index in [0.717, 1.165) is 11.3 Å². The fourth-order valence-corrected chi connectivity index (χ4v) is 4.23. The maximum Gasteiger partial charge on any atom is 0.335 e.